The molecule has 0 radical (unpaired) electrons. The number of aromatic nitrogens is 3. The first kappa shape index (κ1) is 12.1. The summed E-state index contributed by atoms with van der Waals surface area (Å²) in [5, 5.41) is 6.88. The van der Waals surface area contributed by atoms with Crippen LogP contribution in [0.1, 0.15) is 15.4 Å². The molecule has 0 bridgehead atoms. The summed E-state index contributed by atoms with van der Waals surface area (Å²) in [5.41, 5.74) is 1.71. The van der Waals surface area contributed by atoms with Crippen LogP contribution in [-0.4, -0.2) is 20.5 Å². The maximum Gasteiger partial charge on any atom is 0.302 e. The maximum atomic E-state index is 11.9. The normalized spacial score (nSPS) is 10.8. The molecule has 1 aromatic carbocycles. The molecule has 0 saturated heterocycles. The minimum atomic E-state index is -0.342. The Labute approximate surface area is 116 Å². The molecule has 6 nitrogen and oxygen atoms in total. The van der Waals surface area contributed by atoms with E-state index in [0.717, 1.165) is 11.5 Å². The molecule has 0 fully saturated rings. The summed E-state index contributed by atoms with van der Waals surface area (Å²) in [6, 6.07) is 5.18. The second-order valence-electron chi connectivity index (χ2n) is 3.77. The van der Waals surface area contributed by atoms with Crippen LogP contribution in [0.4, 0.5) is 6.01 Å². The van der Waals surface area contributed by atoms with Crippen LogP contribution in [0.2, 0.25) is 5.02 Å². The molecule has 0 aliphatic carbocycles. The first-order chi connectivity index (χ1) is 9.13. The zero-order valence-corrected chi connectivity index (χ0v) is 11.2. The van der Waals surface area contributed by atoms with E-state index < -0.39 is 0 Å². The number of benzene rings is 1. The third-order valence-corrected chi connectivity index (χ3v) is 3.49. The summed E-state index contributed by atoms with van der Waals surface area (Å²) >= 11 is 6.87. The van der Waals surface area contributed by atoms with Gasteiger partial charge in [0.2, 0.25) is 0 Å². The quantitative estimate of drug-likeness (QED) is 0.786. The zero-order chi connectivity index (χ0) is 13.4. The predicted molar refractivity (Wildman–Crippen MR) is 71.6 cm³/mol. The minimum Gasteiger partial charge on any atom is -0.423 e. The van der Waals surface area contributed by atoms with Gasteiger partial charge in [-0.1, -0.05) is 16.1 Å². The summed E-state index contributed by atoms with van der Waals surface area (Å²) in [6.07, 6.45) is 0. The van der Waals surface area contributed by atoms with Gasteiger partial charge in [-0.15, -0.1) is 5.10 Å². The number of carbonyl (C=O) groups excluding carboxylic acids is 1. The van der Waals surface area contributed by atoms with Gasteiger partial charge in [0.15, 0.2) is 5.58 Å². The molecule has 19 heavy (non-hydrogen) atoms. The average molecular weight is 295 g/mol. The molecule has 2 heterocycles. The first-order valence-electron chi connectivity index (χ1n) is 5.30. The van der Waals surface area contributed by atoms with Crippen LogP contribution < -0.4 is 5.32 Å². The van der Waals surface area contributed by atoms with E-state index in [2.05, 4.69) is 19.9 Å². The van der Waals surface area contributed by atoms with Gasteiger partial charge in [-0.05, 0) is 30.6 Å². The number of nitrogens with zero attached hydrogens (tertiary/aromatic N) is 3. The Hall–Kier alpha value is -1.99. The number of carbonyl (C=O) groups is 1. The fourth-order valence-corrected chi connectivity index (χ4v) is 2.26. The number of aryl methyl sites for hydroxylation is 1. The molecule has 0 saturated carbocycles. The number of rotatable bonds is 2. The summed E-state index contributed by atoms with van der Waals surface area (Å²) in [5.74, 6) is -0.342. The van der Waals surface area contributed by atoms with Gasteiger partial charge in [0.25, 0.3) is 5.91 Å². The number of nitrogens with one attached hydrogen (secondary N) is 1. The second kappa shape index (κ2) is 4.60. The molecule has 0 spiro atoms. The van der Waals surface area contributed by atoms with Crippen molar-refractivity contribution in [1.82, 2.24) is 14.6 Å². The van der Waals surface area contributed by atoms with Crippen molar-refractivity contribution in [3.05, 3.63) is 33.8 Å². The van der Waals surface area contributed by atoms with Crippen LogP contribution in [0.3, 0.4) is 0 Å². The van der Waals surface area contributed by atoms with Crippen LogP contribution in [0.5, 0.6) is 0 Å². The lowest BCUT2D eigenvalue weighted by atomic mass is 10.3. The number of anilines is 1. The standard InChI is InChI=1S/C11H7ClN4O2S/c1-5-9(19-16-15-5)10(17)14-11-13-7-3-2-6(12)4-8(7)18-11/h2-4H,1H3,(H,13,14,17). The third-order valence-electron chi connectivity index (χ3n) is 2.43. The molecule has 96 valence electrons. The van der Waals surface area contributed by atoms with Crippen molar-refractivity contribution in [3.8, 4) is 0 Å². The van der Waals surface area contributed by atoms with E-state index in [9.17, 15) is 4.79 Å². The van der Waals surface area contributed by atoms with Crippen molar-refractivity contribution in [2.24, 2.45) is 0 Å². The summed E-state index contributed by atoms with van der Waals surface area (Å²) in [6.45, 7) is 1.71. The van der Waals surface area contributed by atoms with E-state index >= 15 is 0 Å². The van der Waals surface area contributed by atoms with Crippen molar-refractivity contribution < 1.29 is 9.21 Å². The van der Waals surface area contributed by atoms with Gasteiger partial charge in [0.05, 0.1) is 5.69 Å². The number of amides is 1. The van der Waals surface area contributed by atoms with Gasteiger partial charge in [0, 0.05) is 11.1 Å². The predicted octanol–water partition coefficient (Wildman–Crippen LogP) is 2.89. The highest BCUT2D eigenvalue weighted by Gasteiger charge is 2.16. The largest absolute Gasteiger partial charge is 0.423 e. The van der Waals surface area contributed by atoms with Gasteiger partial charge in [-0.3, -0.25) is 10.1 Å². The van der Waals surface area contributed by atoms with Crippen LogP contribution in [0, 0.1) is 6.92 Å². The van der Waals surface area contributed by atoms with Crippen LogP contribution >= 0.6 is 23.1 Å². The minimum absolute atomic E-state index is 0.120. The van der Waals surface area contributed by atoms with Crippen molar-refractivity contribution in [1.29, 1.82) is 0 Å². The molecular weight excluding hydrogens is 288 g/mol. The number of fused-ring (bicyclic) bond motifs is 1. The molecule has 1 amide bonds. The summed E-state index contributed by atoms with van der Waals surface area (Å²) in [4.78, 5) is 16.5. The Kier molecular flexibility index (Phi) is 2.92. The van der Waals surface area contributed by atoms with Crippen LogP contribution in [0.15, 0.2) is 22.6 Å². The molecule has 2 aromatic heterocycles. The molecule has 0 unspecified atom stereocenters. The monoisotopic (exact) mass is 294 g/mol. The van der Waals surface area contributed by atoms with Crippen molar-refractivity contribution in [3.63, 3.8) is 0 Å². The lowest BCUT2D eigenvalue weighted by Crippen LogP contribution is -2.11. The van der Waals surface area contributed by atoms with E-state index in [1.54, 1.807) is 25.1 Å². The van der Waals surface area contributed by atoms with Crippen LogP contribution in [-0.2, 0) is 0 Å². The van der Waals surface area contributed by atoms with E-state index in [-0.39, 0.29) is 11.9 Å². The van der Waals surface area contributed by atoms with Crippen LogP contribution in [0.25, 0.3) is 11.1 Å². The van der Waals surface area contributed by atoms with Gasteiger partial charge < -0.3 is 4.42 Å². The number of hydrogen-bond acceptors (Lipinski definition) is 6. The van der Waals surface area contributed by atoms with Gasteiger partial charge in [-0.2, -0.15) is 4.98 Å². The highest BCUT2D eigenvalue weighted by Crippen LogP contribution is 2.23. The fourth-order valence-electron chi connectivity index (χ4n) is 1.55. The Morgan fingerprint density at radius 3 is 3.05 bits per heavy atom. The summed E-state index contributed by atoms with van der Waals surface area (Å²) in [7, 11) is 0. The molecule has 1 N–H and O–H groups in total. The molecular formula is C11H7ClN4O2S. The Morgan fingerprint density at radius 1 is 1.47 bits per heavy atom. The van der Waals surface area contributed by atoms with E-state index in [1.807, 2.05) is 0 Å². The number of oxazole rings is 1. The Balaban J connectivity index is 1.89. The number of halogens is 1. The van der Waals surface area contributed by atoms with Crippen molar-refractivity contribution >= 4 is 46.2 Å². The zero-order valence-electron chi connectivity index (χ0n) is 9.68. The van der Waals surface area contributed by atoms with E-state index in [0.29, 0.717) is 26.7 Å². The first-order valence-corrected chi connectivity index (χ1v) is 6.45. The smallest absolute Gasteiger partial charge is 0.302 e. The van der Waals surface area contributed by atoms with Gasteiger partial charge in [-0.25, -0.2) is 0 Å². The molecule has 0 atom stereocenters. The van der Waals surface area contributed by atoms with Crippen molar-refractivity contribution in [2.75, 3.05) is 5.32 Å². The van der Waals surface area contributed by atoms with E-state index in [1.165, 1.54) is 0 Å². The highest BCUT2D eigenvalue weighted by molar-refractivity contribution is 7.08. The van der Waals surface area contributed by atoms with Gasteiger partial charge in [0.1, 0.15) is 10.4 Å². The number of hydrogen-bond donors (Lipinski definition) is 1. The lowest BCUT2D eigenvalue weighted by Gasteiger charge is -1.96. The Bertz CT molecular complexity index is 767. The SMILES string of the molecule is Cc1nnsc1C(=O)Nc1nc2ccc(Cl)cc2o1. The third kappa shape index (κ3) is 2.29. The molecule has 0 aliphatic heterocycles. The second-order valence-corrected chi connectivity index (χ2v) is 4.96. The van der Waals surface area contributed by atoms with Crippen molar-refractivity contribution in [2.45, 2.75) is 6.92 Å². The highest BCUT2D eigenvalue weighted by atomic mass is 35.5. The Morgan fingerprint density at radius 2 is 2.32 bits per heavy atom. The molecule has 3 rings (SSSR count). The fraction of sp³-hybridized carbons (Fsp3) is 0.0909. The summed E-state index contributed by atoms with van der Waals surface area (Å²) < 4.78 is 9.09. The van der Waals surface area contributed by atoms with Gasteiger partial charge >= 0.3 is 6.01 Å². The van der Waals surface area contributed by atoms with E-state index in [4.69, 9.17) is 16.0 Å². The average Bonchev–Trinajstić information content (AvgIpc) is 2.94. The lowest BCUT2D eigenvalue weighted by molar-refractivity contribution is 0.102. The topological polar surface area (TPSA) is 80.9 Å². The molecule has 0 aliphatic rings. The molecule has 8 heteroatoms. The maximum absolute atomic E-state index is 11.9. The molecule has 3 aromatic rings.